The number of hydrogen-bond acceptors (Lipinski definition) is 5. The van der Waals surface area contributed by atoms with Crippen molar-refractivity contribution >= 4 is 16.7 Å². The molecule has 8 heteroatoms. The second kappa shape index (κ2) is 8.46. The van der Waals surface area contributed by atoms with Gasteiger partial charge in [0.1, 0.15) is 11.5 Å². The molecule has 0 amide bonds. The van der Waals surface area contributed by atoms with E-state index in [0.29, 0.717) is 0 Å². The van der Waals surface area contributed by atoms with Crippen LogP contribution in [0.4, 0.5) is 0 Å². The Hall–Kier alpha value is -3.49. The van der Waals surface area contributed by atoms with E-state index in [1.165, 1.54) is 5.56 Å². The van der Waals surface area contributed by atoms with Crippen molar-refractivity contribution in [2.75, 3.05) is 32.8 Å². The highest BCUT2D eigenvalue weighted by atomic mass is 16.5. The molecule has 168 valence electrons. The normalized spacial score (nSPS) is 15.1. The highest BCUT2D eigenvalue weighted by Gasteiger charge is 2.17. The van der Waals surface area contributed by atoms with Crippen molar-refractivity contribution in [3.05, 3.63) is 72.2 Å². The van der Waals surface area contributed by atoms with Crippen LogP contribution in [0.3, 0.4) is 0 Å². The van der Waals surface area contributed by atoms with Crippen molar-refractivity contribution in [2.45, 2.75) is 20.0 Å². The minimum atomic E-state index is 0.771. The van der Waals surface area contributed by atoms with E-state index in [9.17, 15) is 0 Å². The van der Waals surface area contributed by atoms with Gasteiger partial charge in [-0.1, -0.05) is 30.3 Å². The Bertz CT molecular complexity index is 1390. The molecule has 6 rings (SSSR count). The Morgan fingerprint density at radius 3 is 2.61 bits per heavy atom. The molecule has 1 aliphatic heterocycles. The van der Waals surface area contributed by atoms with E-state index in [4.69, 9.17) is 9.84 Å². The fourth-order valence-corrected chi connectivity index (χ4v) is 4.68. The molecular formula is C25H27N7O. The second-order valence-corrected chi connectivity index (χ2v) is 8.56. The number of nitrogens with zero attached hydrogens (tertiary/aromatic N) is 7. The first-order valence-electron chi connectivity index (χ1n) is 11.5. The molecule has 8 nitrogen and oxygen atoms in total. The molecule has 1 fully saturated rings. The molecule has 5 heterocycles. The Morgan fingerprint density at radius 2 is 1.76 bits per heavy atom. The van der Waals surface area contributed by atoms with Crippen LogP contribution in [0.2, 0.25) is 0 Å². The number of fused-ring (bicyclic) bond motifs is 3. The number of benzene rings is 1. The van der Waals surface area contributed by atoms with Gasteiger partial charge in [0, 0.05) is 32.4 Å². The Kier molecular flexibility index (Phi) is 5.16. The molecule has 33 heavy (non-hydrogen) atoms. The second-order valence-electron chi connectivity index (χ2n) is 8.56. The third-order valence-electron chi connectivity index (χ3n) is 6.43. The van der Waals surface area contributed by atoms with Crippen molar-refractivity contribution in [1.29, 1.82) is 0 Å². The minimum absolute atomic E-state index is 0.771. The molecule has 0 spiro atoms. The lowest BCUT2D eigenvalue weighted by molar-refractivity contribution is 0.0360. The van der Waals surface area contributed by atoms with E-state index in [0.717, 1.165) is 79.8 Å². The summed E-state index contributed by atoms with van der Waals surface area (Å²) in [6, 6.07) is 19.1. The largest absolute Gasteiger partial charge is 0.379 e. The standard InChI is InChI=1S/C25H27N7O/c1-19-26-27-25-8-7-22-24(32(19)25)17-23(31(22)18-20-5-3-2-4-6-20)21-9-10-30(28-21)12-11-29-13-15-33-16-14-29/h2-10,17H,11-16,18H2,1H3. The first-order valence-corrected chi connectivity index (χ1v) is 11.5. The summed E-state index contributed by atoms with van der Waals surface area (Å²) in [5.74, 6) is 0.884. The Labute approximate surface area is 192 Å². The molecule has 0 atom stereocenters. The highest BCUT2D eigenvalue weighted by Crippen LogP contribution is 2.29. The molecule has 0 radical (unpaired) electrons. The zero-order chi connectivity index (χ0) is 22.2. The highest BCUT2D eigenvalue weighted by molar-refractivity contribution is 5.86. The van der Waals surface area contributed by atoms with Crippen LogP contribution in [0.5, 0.6) is 0 Å². The van der Waals surface area contributed by atoms with Gasteiger partial charge in [-0.25, -0.2) is 0 Å². The van der Waals surface area contributed by atoms with Crippen LogP contribution in [0.25, 0.3) is 28.1 Å². The molecular weight excluding hydrogens is 414 g/mol. The summed E-state index contributed by atoms with van der Waals surface area (Å²) in [6.45, 7) is 8.25. The van der Waals surface area contributed by atoms with Crippen LogP contribution >= 0.6 is 0 Å². The summed E-state index contributed by atoms with van der Waals surface area (Å²) < 4.78 is 12.0. The number of aromatic nitrogens is 6. The minimum Gasteiger partial charge on any atom is -0.379 e. The van der Waals surface area contributed by atoms with E-state index in [-0.39, 0.29) is 0 Å². The van der Waals surface area contributed by atoms with E-state index < -0.39 is 0 Å². The number of pyridine rings is 1. The van der Waals surface area contributed by atoms with Gasteiger partial charge in [-0.3, -0.25) is 14.0 Å². The molecule has 0 aliphatic carbocycles. The number of aryl methyl sites for hydroxylation is 1. The lowest BCUT2D eigenvalue weighted by Gasteiger charge is -2.26. The van der Waals surface area contributed by atoms with Gasteiger partial charge in [0.05, 0.1) is 36.5 Å². The van der Waals surface area contributed by atoms with Gasteiger partial charge in [-0.15, -0.1) is 10.2 Å². The van der Waals surface area contributed by atoms with E-state index in [2.05, 4.69) is 83.5 Å². The Morgan fingerprint density at radius 1 is 0.909 bits per heavy atom. The average Bonchev–Trinajstić information content (AvgIpc) is 3.57. The quantitative estimate of drug-likeness (QED) is 0.405. The summed E-state index contributed by atoms with van der Waals surface area (Å²) in [6.07, 6.45) is 2.08. The van der Waals surface area contributed by atoms with Gasteiger partial charge in [0.2, 0.25) is 0 Å². The fourth-order valence-electron chi connectivity index (χ4n) is 4.68. The summed E-state index contributed by atoms with van der Waals surface area (Å²) in [5.41, 5.74) is 6.43. The van der Waals surface area contributed by atoms with Crippen LogP contribution in [0.1, 0.15) is 11.4 Å². The first kappa shape index (κ1) is 20.1. The maximum Gasteiger partial charge on any atom is 0.161 e. The summed E-state index contributed by atoms with van der Waals surface area (Å²) in [4.78, 5) is 2.43. The van der Waals surface area contributed by atoms with Gasteiger partial charge in [0.15, 0.2) is 5.65 Å². The number of ether oxygens (including phenoxy) is 1. The third kappa shape index (κ3) is 3.81. The van der Waals surface area contributed by atoms with Crippen molar-refractivity contribution in [1.82, 2.24) is 33.8 Å². The molecule has 0 bridgehead atoms. The summed E-state index contributed by atoms with van der Waals surface area (Å²) >= 11 is 0. The molecule has 4 aromatic heterocycles. The Balaban J connectivity index is 1.39. The molecule has 0 unspecified atom stereocenters. The monoisotopic (exact) mass is 441 g/mol. The van der Waals surface area contributed by atoms with Crippen LogP contribution in [-0.2, 0) is 17.8 Å². The zero-order valence-electron chi connectivity index (χ0n) is 18.8. The lowest BCUT2D eigenvalue weighted by atomic mass is 10.2. The van der Waals surface area contributed by atoms with Gasteiger partial charge < -0.3 is 9.30 Å². The molecule has 1 aliphatic rings. The van der Waals surface area contributed by atoms with Crippen LogP contribution < -0.4 is 0 Å². The fraction of sp³-hybridized carbons (Fsp3) is 0.320. The maximum absolute atomic E-state index is 5.46. The van der Waals surface area contributed by atoms with E-state index in [1.54, 1.807) is 0 Å². The van der Waals surface area contributed by atoms with Crippen molar-refractivity contribution in [3.63, 3.8) is 0 Å². The van der Waals surface area contributed by atoms with Gasteiger partial charge >= 0.3 is 0 Å². The van der Waals surface area contributed by atoms with Crippen molar-refractivity contribution in [3.8, 4) is 11.4 Å². The van der Waals surface area contributed by atoms with Gasteiger partial charge in [-0.05, 0) is 36.8 Å². The van der Waals surface area contributed by atoms with Crippen molar-refractivity contribution in [2.24, 2.45) is 0 Å². The van der Waals surface area contributed by atoms with Crippen LogP contribution in [0.15, 0.2) is 60.8 Å². The predicted octanol–water partition coefficient (Wildman–Crippen LogP) is 3.24. The number of rotatable bonds is 6. The maximum atomic E-state index is 5.46. The molecule has 0 saturated carbocycles. The molecule has 0 N–H and O–H groups in total. The first-order chi connectivity index (χ1) is 16.3. The summed E-state index contributed by atoms with van der Waals surface area (Å²) in [7, 11) is 0. The van der Waals surface area contributed by atoms with E-state index in [1.807, 2.05) is 13.0 Å². The number of morpholine rings is 1. The SMILES string of the molecule is Cc1nnc2ccc3c(cc(-c4ccn(CCN5CCOCC5)n4)n3Cc3ccccc3)n12. The van der Waals surface area contributed by atoms with Crippen LogP contribution in [0, 0.1) is 6.92 Å². The predicted molar refractivity (Wildman–Crippen MR) is 127 cm³/mol. The topological polar surface area (TPSA) is 65.4 Å². The summed E-state index contributed by atoms with van der Waals surface area (Å²) in [5, 5.41) is 13.5. The number of hydrogen-bond donors (Lipinski definition) is 0. The molecule has 5 aromatic rings. The van der Waals surface area contributed by atoms with Gasteiger partial charge in [-0.2, -0.15) is 5.10 Å². The molecule has 1 saturated heterocycles. The molecule has 1 aromatic carbocycles. The smallest absolute Gasteiger partial charge is 0.161 e. The van der Waals surface area contributed by atoms with Crippen molar-refractivity contribution < 1.29 is 4.74 Å². The third-order valence-corrected chi connectivity index (χ3v) is 6.43. The van der Waals surface area contributed by atoms with E-state index >= 15 is 0 Å². The zero-order valence-corrected chi connectivity index (χ0v) is 18.8. The van der Waals surface area contributed by atoms with Crippen LogP contribution in [-0.4, -0.2) is 66.7 Å². The average molecular weight is 442 g/mol. The lowest BCUT2D eigenvalue weighted by Crippen LogP contribution is -2.38. The van der Waals surface area contributed by atoms with Gasteiger partial charge in [0.25, 0.3) is 0 Å².